The van der Waals surface area contributed by atoms with E-state index in [1.54, 1.807) is 7.11 Å². The number of methoxy groups -OCH3 is 1. The predicted molar refractivity (Wildman–Crippen MR) is 76.6 cm³/mol. The van der Waals surface area contributed by atoms with Gasteiger partial charge >= 0.3 is 0 Å². The van der Waals surface area contributed by atoms with Crippen molar-refractivity contribution in [2.75, 3.05) is 13.7 Å². The Morgan fingerprint density at radius 1 is 1.35 bits per heavy atom. The zero-order valence-corrected chi connectivity index (χ0v) is 12.7. The molecule has 0 fully saturated rings. The van der Waals surface area contributed by atoms with Crippen LogP contribution in [-0.4, -0.2) is 13.7 Å². The topological polar surface area (TPSA) is 21.3 Å². The first-order valence-corrected chi connectivity index (χ1v) is 7.00. The number of nitrogens with one attached hydrogen (secondary N) is 1. The maximum Gasteiger partial charge on any atom is 0.119 e. The van der Waals surface area contributed by atoms with Gasteiger partial charge in [0.05, 0.1) is 7.11 Å². The van der Waals surface area contributed by atoms with E-state index >= 15 is 0 Å². The lowest BCUT2D eigenvalue weighted by molar-refractivity contribution is 0.377. The van der Waals surface area contributed by atoms with Gasteiger partial charge in [-0.3, -0.25) is 0 Å². The molecular weight excluding hydrogens is 278 g/mol. The zero-order chi connectivity index (χ0) is 12.8. The molecule has 0 bridgehead atoms. The molecule has 2 atom stereocenters. The van der Waals surface area contributed by atoms with Crippen LogP contribution in [0.25, 0.3) is 0 Å². The molecule has 0 aliphatic heterocycles. The molecule has 96 valence electrons. The molecule has 2 unspecified atom stereocenters. The van der Waals surface area contributed by atoms with Crippen molar-refractivity contribution in [3.63, 3.8) is 0 Å². The molecule has 1 rings (SSSR count). The minimum absolute atomic E-state index is 0.370. The summed E-state index contributed by atoms with van der Waals surface area (Å²) in [6, 6.07) is 6.52. The number of halogens is 1. The van der Waals surface area contributed by atoms with Gasteiger partial charge in [0, 0.05) is 10.5 Å². The molecule has 0 radical (unpaired) electrons. The van der Waals surface area contributed by atoms with Gasteiger partial charge in [0.15, 0.2) is 0 Å². The van der Waals surface area contributed by atoms with E-state index in [1.807, 2.05) is 6.07 Å². The van der Waals surface area contributed by atoms with Crippen LogP contribution in [0.15, 0.2) is 22.7 Å². The Bertz CT molecular complexity index is 354. The normalized spacial score (nSPS) is 14.4. The van der Waals surface area contributed by atoms with E-state index in [9.17, 15) is 0 Å². The van der Waals surface area contributed by atoms with Gasteiger partial charge in [0.2, 0.25) is 0 Å². The molecule has 0 aromatic heterocycles. The smallest absolute Gasteiger partial charge is 0.119 e. The van der Waals surface area contributed by atoms with Gasteiger partial charge < -0.3 is 10.1 Å². The van der Waals surface area contributed by atoms with Gasteiger partial charge in [0.25, 0.3) is 0 Å². The van der Waals surface area contributed by atoms with Gasteiger partial charge in [-0.05, 0) is 36.2 Å². The molecule has 0 aliphatic rings. The maximum atomic E-state index is 5.30. The largest absolute Gasteiger partial charge is 0.497 e. The summed E-state index contributed by atoms with van der Waals surface area (Å²) in [7, 11) is 1.71. The first-order chi connectivity index (χ1) is 8.13. The fraction of sp³-hybridized carbons (Fsp3) is 0.571. The molecule has 0 saturated heterocycles. The van der Waals surface area contributed by atoms with E-state index in [4.69, 9.17) is 4.74 Å². The van der Waals surface area contributed by atoms with Crippen molar-refractivity contribution in [1.82, 2.24) is 5.32 Å². The predicted octanol–water partition coefficient (Wildman–Crippen LogP) is 4.15. The summed E-state index contributed by atoms with van der Waals surface area (Å²) in [4.78, 5) is 0. The Balaban J connectivity index is 3.07. The average molecular weight is 300 g/mol. The van der Waals surface area contributed by atoms with Crippen LogP contribution in [0, 0.1) is 5.92 Å². The Morgan fingerprint density at radius 2 is 2.06 bits per heavy atom. The summed E-state index contributed by atoms with van der Waals surface area (Å²) in [6.45, 7) is 7.62. The highest BCUT2D eigenvalue weighted by Crippen LogP contribution is 2.32. The first-order valence-electron chi connectivity index (χ1n) is 6.20. The third-order valence-electron chi connectivity index (χ3n) is 3.18. The highest BCUT2D eigenvalue weighted by atomic mass is 79.9. The summed E-state index contributed by atoms with van der Waals surface area (Å²) in [5.74, 6) is 1.51. The van der Waals surface area contributed by atoms with E-state index in [1.165, 1.54) is 5.56 Å². The Labute approximate surface area is 113 Å². The standard InChI is InChI=1S/C14H22BrNO/c1-5-10(3)14(16-6-2)12-9-11(17-4)7-8-13(12)15/h7-10,14,16H,5-6H2,1-4H3. The number of hydrogen-bond acceptors (Lipinski definition) is 2. The molecule has 0 aliphatic carbocycles. The van der Waals surface area contributed by atoms with E-state index in [-0.39, 0.29) is 0 Å². The van der Waals surface area contributed by atoms with Crippen LogP contribution in [0.5, 0.6) is 5.75 Å². The second-order valence-electron chi connectivity index (χ2n) is 4.31. The maximum absolute atomic E-state index is 5.30. The Hall–Kier alpha value is -0.540. The lowest BCUT2D eigenvalue weighted by Gasteiger charge is -2.25. The fourth-order valence-electron chi connectivity index (χ4n) is 1.96. The molecule has 0 heterocycles. The summed E-state index contributed by atoms with van der Waals surface area (Å²) >= 11 is 3.63. The first kappa shape index (κ1) is 14.5. The lowest BCUT2D eigenvalue weighted by Crippen LogP contribution is -2.26. The molecule has 0 spiro atoms. The van der Waals surface area contributed by atoms with Crippen LogP contribution in [-0.2, 0) is 0 Å². The van der Waals surface area contributed by atoms with Crippen LogP contribution in [0.3, 0.4) is 0 Å². The average Bonchev–Trinajstić information content (AvgIpc) is 2.36. The van der Waals surface area contributed by atoms with Crippen molar-refractivity contribution in [3.05, 3.63) is 28.2 Å². The van der Waals surface area contributed by atoms with Crippen LogP contribution in [0.2, 0.25) is 0 Å². The van der Waals surface area contributed by atoms with Gasteiger partial charge in [-0.15, -0.1) is 0 Å². The Morgan fingerprint density at radius 3 is 2.59 bits per heavy atom. The summed E-state index contributed by atoms with van der Waals surface area (Å²) in [5, 5.41) is 3.56. The van der Waals surface area contributed by atoms with Crippen molar-refractivity contribution in [2.24, 2.45) is 5.92 Å². The van der Waals surface area contributed by atoms with Crippen LogP contribution in [0.1, 0.15) is 38.8 Å². The lowest BCUT2D eigenvalue weighted by atomic mass is 9.92. The Kier molecular flexibility index (Phi) is 6.00. The minimum atomic E-state index is 0.370. The molecule has 17 heavy (non-hydrogen) atoms. The molecule has 3 heteroatoms. The van der Waals surface area contributed by atoms with E-state index in [2.05, 4.69) is 54.2 Å². The molecule has 1 N–H and O–H groups in total. The van der Waals surface area contributed by atoms with Crippen molar-refractivity contribution in [2.45, 2.75) is 33.2 Å². The quantitative estimate of drug-likeness (QED) is 0.852. The van der Waals surface area contributed by atoms with Crippen molar-refractivity contribution in [1.29, 1.82) is 0 Å². The molecule has 0 amide bonds. The number of ether oxygens (including phenoxy) is 1. The molecule has 1 aromatic carbocycles. The van der Waals surface area contributed by atoms with E-state index in [0.29, 0.717) is 12.0 Å². The summed E-state index contributed by atoms with van der Waals surface area (Å²) in [6.07, 6.45) is 1.15. The number of rotatable bonds is 6. The second kappa shape index (κ2) is 7.02. The van der Waals surface area contributed by atoms with Crippen LogP contribution in [0.4, 0.5) is 0 Å². The molecular formula is C14H22BrNO. The van der Waals surface area contributed by atoms with Crippen LogP contribution < -0.4 is 10.1 Å². The van der Waals surface area contributed by atoms with Crippen molar-refractivity contribution < 1.29 is 4.74 Å². The highest BCUT2D eigenvalue weighted by molar-refractivity contribution is 9.10. The summed E-state index contributed by atoms with van der Waals surface area (Å²) < 4.78 is 6.45. The van der Waals surface area contributed by atoms with E-state index < -0.39 is 0 Å². The number of benzene rings is 1. The number of hydrogen-bond donors (Lipinski definition) is 1. The fourth-order valence-corrected chi connectivity index (χ4v) is 2.45. The van der Waals surface area contributed by atoms with E-state index in [0.717, 1.165) is 23.2 Å². The minimum Gasteiger partial charge on any atom is -0.497 e. The summed E-state index contributed by atoms with van der Waals surface area (Å²) in [5.41, 5.74) is 1.28. The third kappa shape index (κ3) is 3.71. The van der Waals surface area contributed by atoms with Crippen LogP contribution >= 0.6 is 15.9 Å². The van der Waals surface area contributed by atoms with Crippen molar-refractivity contribution in [3.8, 4) is 5.75 Å². The SMILES string of the molecule is CCNC(c1cc(OC)ccc1Br)C(C)CC. The third-order valence-corrected chi connectivity index (χ3v) is 3.90. The van der Waals surface area contributed by atoms with Gasteiger partial charge in [-0.1, -0.05) is 43.1 Å². The van der Waals surface area contributed by atoms with Gasteiger partial charge in [0.1, 0.15) is 5.75 Å². The second-order valence-corrected chi connectivity index (χ2v) is 5.16. The van der Waals surface area contributed by atoms with Crippen molar-refractivity contribution >= 4 is 15.9 Å². The zero-order valence-electron chi connectivity index (χ0n) is 11.1. The monoisotopic (exact) mass is 299 g/mol. The molecule has 0 saturated carbocycles. The molecule has 2 nitrogen and oxygen atoms in total. The van der Waals surface area contributed by atoms with Gasteiger partial charge in [-0.2, -0.15) is 0 Å². The van der Waals surface area contributed by atoms with Gasteiger partial charge in [-0.25, -0.2) is 0 Å². The highest BCUT2D eigenvalue weighted by Gasteiger charge is 2.19. The molecule has 1 aromatic rings.